The van der Waals surface area contributed by atoms with E-state index in [-0.39, 0.29) is 18.0 Å². The van der Waals surface area contributed by atoms with Crippen molar-refractivity contribution >= 4 is 0 Å². The van der Waals surface area contributed by atoms with Gasteiger partial charge in [0.25, 0.3) is 0 Å². The Balaban J connectivity index is 1.63. The monoisotopic (exact) mass is 481 g/mol. The van der Waals surface area contributed by atoms with Gasteiger partial charge in [0.2, 0.25) is 5.88 Å². The minimum atomic E-state index is -0.614. The van der Waals surface area contributed by atoms with Gasteiger partial charge in [0, 0.05) is 38.3 Å². The maximum absolute atomic E-state index is 13.9. The van der Waals surface area contributed by atoms with Gasteiger partial charge in [-0.05, 0) is 51.7 Å². The van der Waals surface area contributed by atoms with E-state index in [1.54, 1.807) is 16.8 Å². The van der Waals surface area contributed by atoms with Gasteiger partial charge in [0.15, 0.2) is 0 Å². The molecule has 0 bridgehead atoms. The summed E-state index contributed by atoms with van der Waals surface area (Å²) in [6, 6.07) is 16.1. The van der Waals surface area contributed by atoms with Gasteiger partial charge >= 0.3 is 0 Å². The van der Waals surface area contributed by atoms with Gasteiger partial charge in [-0.2, -0.15) is 5.10 Å². The summed E-state index contributed by atoms with van der Waals surface area (Å²) in [4.78, 5) is 2.26. The van der Waals surface area contributed by atoms with Gasteiger partial charge in [-0.3, -0.25) is 4.90 Å². The van der Waals surface area contributed by atoms with E-state index in [2.05, 4.69) is 4.90 Å². The number of ether oxygens (including phenoxy) is 2. The van der Waals surface area contributed by atoms with Crippen molar-refractivity contribution in [1.29, 1.82) is 0 Å². The third-order valence-electron chi connectivity index (χ3n) is 5.92. The second-order valence-electron chi connectivity index (χ2n) is 10.4. The third kappa shape index (κ3) is 7.37. The Kier molecular flexibility index (Phi) is 7.89. The lowest BCUT2D eigenvalue weighted by Gasteiger charge is -2.27. The lowest BCUT2D eigenvalue weighted by Crippen LogP contribution is -2.37. The molecular weight excluding hydrogens is 445 g/mol. The fraction of sp³-hybridized carbons (Fsp3) is 0.464. The first-order chi connectivity index (χ1) is 16.7. The second kappa shape index (κ2) is 10.9. The van der Waals surface area contributed by atoms with Crippen LogP contribution in [0, 0.1) is 11.7 Å². The molecule has 188 valence electrons. The van der Waals surface area contributed by atoms with E-state index < -0.39 is 6.10 Å². The first-order valence-electron chi connectivity index (χ1n) is 12.3. The molecule has 7 heteroatoms. The first-order valence-corrected chi connectivity index (χ1v) is 12.3. The van der Waals surface area contributed by atoms with Crippen molar-refractivity contribution in [3.63, 3.8) is 0 Å². The molecule has 0 radical (unpaired) electrons. The van der Waals surface area contributed by atoms with Crippen LogP contribution in [0.1, 0.15) is 39.2 Å². The number of aliphatic hydroxyl groups is 1. The van der Waals surface area contributed by atoms with E-state index in [1.165, 1.54) is 25.0 Å². The molecule has 1 aliphatic carbocycles. The van der Waals surface area contributed by atoms with Gasteiger partial charge in [0.05, 0.1) is 23.9 Å². The number of nitrogens with zero attached hydrogens (tertiary/aromatic N) is 3. The lowest BCUT2D eigenvalue weighted by atomic mass is 10.1. The van der Waals surface area contributed by atoms with Crippen LogP contribution in [-0.2, 0) is 18.3 Å². The molecule has 1 aliphatic rings. The van der Waals surface area contributed by atoms with E-state index >= 15 is 0 Å². The van der Waals surface area contributed by atoms with Gasteiger partial charge in [-0.25, -0.2) is 9.07 Å². The van der Waals surface area contributed by atoms with E-state index in [4.69, 9.17) is 14.6 Å². The predicted molar refractivity (Wildman–Crippen MR) is 135 cm³/mol. The van der Waals surface area contributed by atoms with Crippen molar-refractivity contribution in [2.24, 2.45) is 13.0 Å². The number of benzene rings is 2. The van der Waals surface area contributed by atoms with Crippen molar-refractivity contribution in [3.05, 3.63) is 66.0 Å². The number of rotatable bonds is 11. The summed E-state index contributed by atoms with van der Waals surface area (Å²) in [5.41, 5.74) is 2.40. The molecule has 3 aromatic rings. The second-order valence-corrected chi connectivity index (χ2v) is 10.4. The van der Waals surface area contributed by atoms with Gasteiger partial charge in [0.1, 0.15) is 17.3 Å². The minimum absolute atomic E-state index is 0.274. The molecule has 1 aromatic heterocycles. The maximum Gasteiger partial charge on any atom is 0.222 e. The van der Waals surface area contributed by atoms with Crippen LogP contribution in [0.4, 0.5) is 4.39 Å². The molecule has 6 nitrogen and oxygen atoms in total. The number of hydrogen-bond acceptors (Lipinski definition) is 5. The van der Waals surface area contributed by atoms with Crippen molar-refractivity contribution in [2.45, 2.75) is 51.9 Å². The van der Waals surface area contributed by atoms with Crippen LogP contribution in [0.5, 0.6) is 11.6 Å². The van der Waals surface area contributed by atoms with Gasteiger partial charge in [-0.1, -0.05) is 36.4 Å². The molecule has 2 aromatic carbocycles. The Hall–Kier alpha value is -2.74. The van der Waals surface area contributed by atoms with E-state index in [0.29, 0.717) is 30.6 Å². The highest BCUT2D eigenvalue weighted by molar-refractivity contribution is 5.65. The normalized spacial score (nSPS) is 14.9. The molecule has 1 heterocycles. The Labute approximate surface area is 207 Å². The SMILES string of the molecule is Cn1nc(-c2ccccc2)c(CN(CC(O)COC(C)(C)C)CC2CC2)c1Oc1cccc(F)c1. The van der Waals surface area contributed by atoms with Crippen LogP contribution in [0.2, 0.25) is 0 Å². The number of aryl methyl sites for hydroxylation is 1. The summed E-state index contributed by atoms with van der Waals surface area (Å²) in [6.07, 6.45) is 1.80. The summed E-state index contributed by atoms with van der Waals surface area (Å²) in [5, 5.41) is 15.5. The maximum atomic E-state index is 13.9. The topological polar surface area (TPSA) is 59.8 Å². The molecular formula is C28H36FN3O3. The Morgan fingerprint density at radius 2 is 1.89 bits per heavy atom. The number of hydrogen-bond donors (Lipinski definition) is 1. The quantitative estimate of drug-likeness (QED) is 0.397. The fourth-order valence-corrected chi connectivity index (χ4v) is 4.08. The van der Waals surface area contributed by atoms with Crippen LogP contribution >= 0.6 is 0 Å². The standard InChI is InChI=1S/C28H36FN3O3/c1-28(2,3)34-19-23(33)17-32(16-20-13-14-20)18-25-26(21-9-6-5-7-10-21)30-31(4)27(25)35-24-12-8-11-22(29)15-24/h5-12,15,20,23,33H,13-14,16-19H2,1-4H3. The first kappa shape index (κ1) is 25.4. The number of aliphatic hydroxyl groups excluding tert-OH is 1. The highest BCUT2D eigenvalue weighted by atomic mass is 19.1. The average molecular weight is 482 g/mol. The smallest absolute Gasteiger partial charge is 0.222 e. The molecule has 4 rings (SSSR count). The van der Waals surface area contributed by atoms with E-state index in [1.807, 2.05) is 58.2 Å². The average Bonchev–Trinajstić information content (AvgIpc) is 3.57. The van der Waals surface area contributed by atoms with Gasteiger partial charge < -0.3 is 14.6 Å². The van der Waals surface area contributed by atoms with Crippen molar-refractivity contribution in [2.75, 3.05) is 19.7 Å². The molecule has 0 amide bonds. The summed E-state index contributed by atoms with van der Waals surface area (Å²) in [6.45, 7) is 8.14. The Morgan fingerprint density at radius 1 is 1.14 bits per heavy atom. The molecule has 0 saturated heterocycles. The molecule has 1 saturated carbocycles. The molecule has 1 unspecified atom stereocenters. The van der Waals surface area contributed by atoms with Crippen molar-refractivity contribution in [1.82, 2.24) is 14.7 Å². The molecule has 1 fully saturated rings. The zero-order valence-corrected chi connectivity index (χ0v) is 21.1. The van der Waals surface area contributed by atoms with Crippen molar-refractivity contribution in [3.8, 4) is 22.9 Å². The highest BCUT2D eigenvalue weighted by Gasteiger charge is 2.29. The molecule has 0 aliphatic heterocycles. The van der Waals surface area contributed by atoms with Crippen LogP contribution < -0.4 is 4.74 Å². The van der Waals surface area contributed by atoms with Crippen molar-refractivity contribution < 1.29 is 19.0 Å². The van der Waals surface area contributed by atoms with Gasteiger partial charge in [-0.15, -0.1) is 0 Å². The summed E-state index contributed by atoms with van der Waals surface area (Å²) >= 11 is 0. The van der Waals surface area contributed by atoms with Crippen LogP contribution in [0.25, 0.3) is 11.3 Å². The Morgan fingerprint density at radius 3 is 2.54 bits per heavy atom. The molecule has 1 atom stereocenters. The number of halogens is 1. The van der Waals surface area contributed by atoms with E-state index in [9.17, 15) is 9.50 Å². The Bertz CT molecular complexity index is 1110. The number of aromatic nitrogens is 2. The van der Waals surface area contributed by atoms with Crippen LogP contribution in [0.3, 0.4) is 0 Å². The minimum Gasteiger partial charge on any atom is -0.439 e. The fourth-order valence-electron chi connectivity index (χ4n) is 4.08. The largest absolute Gasteiger partial charge is 0.439 e. The molecule has 0 spiro atoms. The zero-order chi connectivity index (χ0) is 25.0. The van der Waals surface area contributed by atoms with E-state index in [0.717, 1.165) is 23.4 Å². The highest BCUT2D eigenvalue weighted by Crippen LogP contribution is 2.36. The van der Waals surface area contributed by atoms with Crippen LogP contribution in [0.15, 0.2) is 54.6 Å². The summed E-state index contributed by atoms with van der Waals surface area (Å²) in [7, 11) is 1.84. The predicted octanol–water partition coefficient (Wildman–Crippen LogP) is 5.41. The lowest BCUT2D eigenvalue weighted by molar-refractivity contribution is -0.0569. The zero-order valence-electron chi connectivity index (χ0n) is 21.1. The third-order valence-corrected chi connectivity index (χ3v) is 5.92. The molecule has 35 heavy (non-hydrogen) atoms. The summed E-state index contributed by atoms with van der Waals surface area (Å²) in [5.74, 6) is 1.26. The summed E-state index contributed by atoms with van der Waals surface area (Å²) < 4.78 is 27.6. The molecule has 1 N–H and O–H groups in total. The van der Waals surface area contributed by atoms with Crippen LogP contribution in [-0.4, -0.2) is 51.2 Å².